The third kappa shape index (κ3) is 4.37. The lowest BCUT2D eigenvalue weighted by molar-refractivity contribution is 0.0697. The minimum atomic E-state index is -3.61. The fraction of sp³-hybridized carbons (Fsp3) is 0.409. The summed E-state index contributed by atoms with van der Waals surface area (Å²) in [7, 11) is -3.61. The summed E-state index contributed by atoms with van der Waals surface area (Å²) in [4.78, 5) is 15.0. The number of sulfonamides is 1. The summed E-state index contributed by atoms with van der Waals surface area (Å²) >= 11 is 6.32. The summed E-state index contributed by atoms with van der Waals surface area (Å²) in [5.41, 5.74) is 2.14. The predicted octanol–water partition coefficient (Wildman–Crippen LogP) is 3.26. The first-order valence-electron chi connectivity index (χ1n) is 10.2. The Morgan fingerprint density at radius 1 is 1.00 bits per heavy atom. The fourth-order valence-electron chi connectivity index (χ4n) is 3.90. The highest BCUT2D eigenvalue weighted by Gasteiger charge is 2.32. The molecule has 2 aliphatic heterocycles. The Kier molecular flexibility index (Phi) is 6.14. The first-order valence-corrected chi connectivity index (χ1v) is 12.0. The van der Waals surface area contributed by atoms with Crippen molar-refractivity contribution in [2.24, 2.45) is 0 Å². The molecule has 2 aromatic carbocycles. The van der Waals surface area contributed by atoms with Gasteiger partial charge in [0.25, 0.3) is 5.91 Å². The fourth-order valence-corrected chi connectivity index (χ4v) is 5.79. The largest absolute Gasteiger partial charge is 0.489 e. The van der Waals surface area contributed by atoms with Gasteiger partial charge >= 0.3 is 0 Å². The minimum absolute atomic E-state index is 0.207. The maximum absolute atomic E-state index is 13.1. The molecule has 4 rings (SSSR count). The number of carbonyl (C=O) groups excluding carboxylic acids is 1. The highest BCUT2D eigenvalue weighted by molar-refractivity contribution is 7.89. The number of carbonyl (C=O) groups is 1. The second kappa shape index (κ2) is 8.68. The molecule has 0 spiro atoms. The molecule has 1 amide bonds. The van der Waals surface area contributed by atoms with Crippen LogP contribution in [0.5, 0.6) is 11.5 Å². The van der Waals surface area contributed by atoms with Crippen LogP contribution in [-0.4, -0.2) is 62.9 Å². The Hall–Kier alpha value is -2.29. The molecule has 0 aromatic heterocycles. The van der Waals surface area contributed by atoms with Gasteiger partial charge in [0.05, 0.1) is 23.1 Å². The van der Waals surface area contributed by atoms with Crippen LogP contribution < -0.4 is 9.47 Å². The van der Waals surface area contributed by atoms with E-state index in [-0.39, 0.29) is 19.0 Å². The van der Waals surface area contributed by atoms with Gasteiger partial charge in [0, 0.05) is 38.2 Å². The Morgan fingerprint density at radius 2 is 1.71 bits per heavy atom. The first-order chi connectivity index (χ1) is 14.8. The van der Waals surface area contributed by atoms with Crippen LogP contribution in [0.15, 0.2) is 35.2 Å². The number of hydrogen-bond donors (Lipinski definition) is 0. The van der Waals surface area contributed by atoms with Gasteiger partial charge in [-0.15, -0.1) is 0 Å². The maximum atomic E-state index is 13.1. The van der Waals surface area contributed by atoms with Crippen molar-refractivity contribution in [3.8, 4) is 11.5 Å². The second-order valence-electron chi connectivity index (χ2n) is 7.80. The number of nitrogens with zero attached hydrogens (tertiary/aromatic N) is 2. The zero-order chi connectivity index (χ0) is 22.2. The Morgan fingerprint density at radius 3 is 2.42 bits per heavy atom. The van der Waals surface area contributed by atoms with E-state index in [4.69, 9.17) is 21.1 Å². The van der Waals surface area contributed by atoms with Gasteiger partial charge in [-0.1, -0.05) is 29.3 Å². The molecule has 0 radical (unpaired) electrons. The van der Waals surface area contributed by atoms with Crippen LogP contribution in [0.3, 0.4) is 0 Å². The molecule has 0 saturated carbocycles. The van der Waals surface area contributed by atoms with E-state index in [1.54, 1.807) is 36.1 Å². The molecule has 2 aliphatic rings. The van der Waals surface area contributed by atoms with Gasteiger partial charge in [0.15, 0.2) is 11.5 Å². The Bertz CT molecular complexity index is 1110. The molecular formula is C22H25ClN2O5S. The van der Waals surface area contributed by atoms with Gasteiger partial charge in [-0.25, -0.2) is 8.42 Å². The highest BCUT2D eigenvalue weighted by atomic mass is 35.5. The average molecular weight is 465 g/mol. The molecule has 1 fully saturated rings. The van der Waals surface area contributed by atoms with Crippen LogP contribution in [0.2, 0.25) is 5.02 Å². The summed E-state index contributed by atoms with van der Waals surface area (Å²) in [6.45, 7) is 5.81. The lowest BCUT2D eigenvalue weighted by Gasteiger charge is -2.34. The number of aryl methyl sites for hydroxylation is 2. The van der Waals surface area contributed by atoms with Crippen LogP contribution in [-0.2, 0) is 10.0 Å². The van der Waals surface area contributed by atoms with E-state index in [9.17, 15) is 13.2 Å². The van der Waals surface area contributed by atoms with Gasteiger partial charge in [0.1, 0.15) is 0 Å². The quantitative estimate of drug-likeness (QED) is 0.696. The van der Waals surface area contributed by atoms with Crippen LogP contribution in [0.25, 0.3) is 0 Å². The second-order valence-corrected chi connectivity index (χ2v) is 10.1. The minimum Gasteiger partial charge on any atom is -0.489 e. The molecular weight excluding hydrogens is 440 g/mol. The molecule has 2 aromatic rings. The molecule has 166 valence electrons. The summed E-state index contributed by atoms with van der Waals surface area (Å²) in [6.07, 6.45) is 0.741. The molecule has 0 bridgehead atoms. The van der Waals surface area contributed by atoms with Crippen LogP contribution in [0.1, 0.15) is 27.9 Å². The van der Waals surface area contributed by atoms with E-state index in [1.165, 1.54) is 4.31 Å². The van der Waals surface area contributed by atoms with E-state index >= 15 is 0 Å². The van der Waals surface area contributed by atoms with Crippen molar-refractivity contribution < 1.29 is 22.7 Å². The maximum Gasteiger partial charge on any atom is 0.254 e. The van der Waals surface area contributed by atoms with E-state index in [0.29, 0.717) is 53.3 Å². The monoisotopic (exact) mass is 464 g/mol. The topological polar surface area (TPSA) is 76.2 Å². The summed E-state index contributed by atoms with van der Waals surface area (Å²) in [6, 6.07) is 8.54. The van der Waals surface area contributed by atoms with Crippen molar-refractivity contribution in [3.63, 3.8) is 0 Å². The summed E-state index contributed by atoms with van der Waals surface area (Å²) in [5, 5.41) is 0.332. The Labute approximate surface area is 187 Å². The van der Waals surface area contributed by atoms with E-state index in [2.05, 4.69) is 0 Å². The normalized spacial score (nSPS) is 17.3. The summed E-state index contributed by atoms with van der Waals surface area (Å²) < 4.78 is 38.9. The number of benzene rings is 2. The van der Waals surface area contributed by atoms with Crippen molar-refractivity contribution in [2.75, 3.05) is 39.4 Å². The molecule has 9 heteroatoms. The van der Waals surface area contributed by atoms with Gasteiger partial charge in [-0.3, -0.25) is 4.79 Å². The van der Waals surface area contributed by atoms with Gasteiger partial charge in [-0.2, -0.15) is 4.31 Å². The third-order valence-electron chi connectivity index (χ3n) is 5.52. The summed E-state index contributed by atoms with van der Waals surface area (Å²) in [5.74, 6) is 0.714. The number of amides is 1. The number of piperazine rings is 1. The lowest BCUT2D eigenvalue weighted by Crippen LogP contribution is -2.50. The molecule has 0 unspecified atom stereocenters. The molecule has 0 N–H and O–H groups in total. The Balaban J connectivity index is 1.48. The number of hydrogen-bond acceptors (Lipinski definition) is 5. The number of halogens is 1. The zero-order valence-corrected chi connectivity index (χ0v) is 19.1. The smallest absolute Gasteiger partial charge is 0.254 e. The van der Waals surface area contributed by atoms with E-state index in [0.717, 1.165) is 17.5 Å². The molecule has 2 heterocycles. The average Bonchev–Trinajstić information content (AvgIpc) is 2.99. The lowest BCUT2D eigenvalue weighted by atomic mass is 10.1. The molecule has 0 atom stereocenters. The van der Waals surface area contributed by atoms with Crippen LogP contribution in [0, 0.1) is 13.8 Å². The SMILES string of the molecule is Cc1ccc(S(=O)(=O)N2CCN(C(=O)c3cc(Cl)c4c(c3)OCCCO4)CC2)c(C)c1. The van der Waals surface area contributed by atoms with Crippen molar-refractivity contribution in [3.05, 3.63) is 52.0 Å². The van der Waals surface area contributed by atoms with Gasteiger partial charge in [-0.05, 0) is 37.6 Å². The van der Waals surface area contributed by atoms with Crippen molar-refractivity contribution in [2.45, 2.75) is 25.2 Å². The van der Waals surface area contributed by atoms with Crippen molar-refractivity contribution >= 4 is 27.5 Å². The standard InChI is InChI=1S/C22H25ClN2O5S/c1-15-4-5-20(16(2)12-15)31(27,28)25-8-6-24(7-9-25)22(26)17-13-18(23)21-19(14-17)29-10-3-11-30-21/h4-5,12-14H,3,6-11H2,1-2H3. The number of rotatable bonds is 3. The van der Waals surface area contributed by atoms with Crippen LogP contribution >= 0.6 is 11.6 Å². The van der Waals surface area contributed by atoms with Gasteiger partial charge < -0.3 is 14.4 Å². The number of ether oxygens (including phenoxy) is 2. The molecule has 1 saturated heterocycles. The molecule has 7 nitrogen and oxygen atoms in total. The van der Waals surface area contributed by atoms with Crippen LogP contribution in [0.4, 0.5) is 0 Å². The predicted molar refractivity (Wildman–Crippen MR) is 118 cm³/mol. The van der Waals surface area contributed by atoms with Crippen molar-refractivity contribution in [1.29, 1.82) is 0 Å². The van der Waals surface area contributed by atoms with Crippen molar-refractivity contribution in [1.82, 2.24) is 9.21 Å². The van der Waals surface area contributed by atoms with Gasteiger partial charge in [0.2, 0.25) is 10.0 Å². The zero-order valence-electron chi connectivity index (χ0n) is 17.6. The first kappa shape index (κ1) is 21.9. The highest BCUT2D eigenvalue weighted by Crippen LogP contribution is 2.38. The third-order valence-corrected chi connectivity index (χ3v) is 7.86. The molecule has 31 heavy (non-hydrogen) atoms. The number of fused-ring (bicyclic) bond motifs is 1. The van der Waals surface area contributed by atoms with E-state index < -0.39 is 10.0 Å². The molecule has 0 aliphatic carbocycles. The van der Waals surface area contributed by atoms with E-state index in [1.807, 2.05) is 13.0 Å².